The van der Waals surface area contributed by atoms with Crippen LogP contribution in [-0.2, 0) is 4.74 Å². The zero-order valence-electron chi connectivity index (χ0n) is 10.2. The summed E-state index contributed by atoms with van der Waals surface area (Å²) in [5.74, 6) is 0.502. The number of aromatic nitrogens is 2. The van der Waals surface area contributed by atoms with Gasteiger partial charge < -0.3 is 25.7 Å². The average molecular weight is 241 g/mol. The van der Waals surface area contributed by atoms with Crippen molar-refractivity contribution in [3.8, 4) is 0 Å². The maximum absolute atomic E-state index is 11.3. The topological polar surface area (TPSA) is 96.3 Å². The van der Waals surface area contributed by atoms with Crippen LogP contribution in [0.3, 0.4) is 0 Å². The fourth-order valence-corrected chi connectivity index (χ4v) is 1.36. The molecule has 0 unspecified atom stereocenters. The average Bonchev–Trinajstić information content (AvgIpc) is 2.32. The summed E-state index contributed by atoms with van der Waals surface area (Å²) in [4.78, 5) is 19.6. The van der Waals surface area contributed by atoms with Crippen LogP contribution in [0.2, 0.25) is 0 Å². The third-order valence-electron chi connectivity index (χ3n) is 2.34. The third-order valence-corrected chi connectivity index (χ3v) is 2.34. The fraction of sp³-hybridized carbons (Fsp3) is 0.600. The highest BCUT2D eigenvalue weighted by Crippen LogP contribution is 2.11. The van der Waals surface area contributed by atoms with E-state index in [4.69, 9.17) is 10.5 Å². The van der Waals surface area contributed by atoms with E-state index in [0.717, 1.165) is 13.1 Å². The number of nitrogens with one attached hydrogen (secondary N) is 2. The number of anilines is 2. The van der Waals surface area contributed by atoms with Crippen LogP contribution in [0.25, 0.3) is 0 Å². The highest BCUT2D eigenvalue weighted by molar-refractivity contribution is 5.60. The maximum Gasteiger partial charge on any atom is 0.276 e. The van der Waals surface area contributed by atoms with Crippen molar-refractivity contribution in [2.45, 2.75) is 0 Å². The lowest BCUT2D eigenvalue weighted by molar-refractivity contribution is 0.200. The molecule has 7 heteroatoms. The number of H-pyrrole nitrogens is 1. The number of nitrogens with two attached hydrogens (primary N) is 1. The molecule has 4 N–H and O–H groups in total. The summed E-state index contributed by atoms with van der Waals surface area (Å²) in [7, 11) is 3.50. The molecule has 1 aromatic rings. The van der Waals surface area contributed by atoms with E-state index in [9.17, 15) is 4.79 Å². The van der Waals surface area contributed by atoms with E-state index >= 15 is 0 Å². The predicted molar refractivity (Wildman–Crippen MR) is 67.3 cm³/mol. The molecule has 0 aliphatic heterocycles. The van der Waals surface area contributed by atoms with Crippen molar-refractivity contribution in [3.05, 3.63) is 16.7 Å². The first-order valence-electron chi connectivity index (χ1n) is 5.40. The quantitative estimate of drug-likeness (QED) is 0.531. The van der Waals surface area contributed by atoms with Gasteiger partial charge in [-0.15, -0.1) is 0 Å². The molecule has 0 saturated carbocycles. The van der Waals surface area contributed by atoms with E-state index < -0.39 is 0 Å². The van der Waals surface area contributed by atoms with E-state index in [1.807, 2.05) is 11.9 Å². The zero-order valence-corrected chi connectivity index (χ0v) is 10.2. The molecule has 0 aliphatic carbocycles. The maximum atomic E-state index is 11.3. The Kier molecular flexibility index (Phi) is 5.44. The Morgan fingerprint density at radius 3 is 3.06 bits per heavy atom. The molecule has 7 nitrogen and oxygen atoms in total. The number of nitrogens with zero attached hydrogens (tertiary/aromatic N) is 2. The molecule has 1 heterocycles. The molecule has 17 heavy (non-hydrogen) atoms. The van der Waals surface area contributed by atoms with Gasteiger partial charge in [-0.3, -0.25) is 4.79 Å². The summed E-state index contributed by atoms with van der Waals surface area (Å²) >= 11 is 0. The third kappa shape index (κ3) is 4.04. The summed E-state index contributed by atoms with van der Waals surface area (Å²) in [5.41, 5.74) is 5.48. The highest BCUT2D eigenvalue weighted by Gasteiger charge is 2.08. The predicted octanol–water partition coefficient (Wildman–Crippen LogP) is -0.976. The van der Waals surface area contributed by atoms with Crippen LogP contribution in [-0.4, -0.2) is 50.4 Å². The molecular formula is C10H19N5O2. The van der Waals surface area contributed by atoms with Gasteiger partial charge in [-0.2, -0.15) is 0 Å². The minimum Gasteiger partial charge on any atom is -0.391 e. The summed E-state index contributed by atoms with van der Waals surface area (Å²) in [5, 5.41) is 3.20. The molecule has 0 bridgehead atoms. The number of hydrogen-bond acceptors (Lipinski definition) is 6. The molecule has 0 saturated heterocycles. The monoisotopic (exact) mass is 241 g/mol. The lowest BCUT2D eigenvalue weighted by Gasteiger charge is -2.19. The van der Waals surface area contributed by atoms with Gasteiger partial charge >= 0.3 is 0 Å². The Labute approximate surface area is 100.0 Å². The van der Waals surface area contributed by atoms with Gasteiger partial charge in [-0.1, -0.05) is 0 Å². The first kappa shape index (κ1) is 13.5. The smallest absolute Gasteiger partial charge is 0.276 e. The van der Waals surface area contributed by atoms with E-state index in [1.165, 1.54) is 6.33 Å². The Morgan fingerprint density at radius 1 is 1.59 bits per heavy atom. The molecule has 0 amide bonds. The van der Waals surface area contributed by atoms with Gasteiger partial charge in [-0.25, -0.2) is 4.98 Å². The molecule has 0 spiro atoms. The van der Waals surface area contributed by atoms with Gasteiger partial charge in [0.15, 0.2) is 5.82 Å². The number of methoxy groups -OCH3 is 1. The summed E-state index contributed by atoms with van der Waals surface area (Å²) < 4.78 is 4.91. The Morgan fingerprint density at radius 2 is 2.35 bits per heavy atom. The van der Waals surface area contributed by atoms with E-state index in [-0.39, 0.29) is 11.2 Å². The molecule has 96 valence electrons. The molecular weight excluding hydrogens is 222 g/mol. The Bertz CT molecular complexity index is 393. The number of aromatic amines is 1. The number of hydrogen-bond donors (Lipinski definition) is 3. The SMILES string of the molecule is COCCNCCN(C)c1nc[nH]c(=O)c1N. The number of rotatable bonds is 7. The van der Waals surface area contributed by atoms with Crippen LogP contribution in [0.15, 0.2) is 11.1 Å². The molecule has 0 aliphatic rings. The largest absolute Gasteiger partial charge is 0.391 e. The van der Waals surface area contributed by atoms with Crippen LogP contribution in [0, 0.1) is 0 Å². The second kappa shape index (κ2) is 6.87. The van der Waals surface area contributed by atoms with E-state index in [0.29, 0.717) is 19.0 Å². The van der Waals surface area contributed by atoms with Crippen LogP contribution >= 0.6 is 0 Å². The summed E-state index contributed by atoms with van der Waals surface area (Å²) in [6.07, 6.45) is 1.35. The van der Waals surface area contributed by atoms with Crippen LogP contribution in [0.4, 0.5) is 11.5 Å². The van der Waals surface area contributed by atoms with Crippen molar-refractivity contribution in [1.29, 1.82) is 0 Å². The zero-order chi connectivity index (χ0) is 12.7. The second-order valence-electron chi connectivity index (χ2n) is 3.63. The van der Waals surface area contributed by atoms with Gasteiger partial charge in [-0.05, 0) is 0 Å². The second-order valence-corrected chi connectivity index (χ2v) is 3.63. The van der Waals surface area contributed by atoms with Crippen molar-refractivity contribution in [2.75, 3.05) is 51.0 Å². The number of ether oxygens (including phenoxy) is 1. The normalized spacial score (nSPS) is 10.5. The lowest BCUT2D eigenvalue weighted by atomic mass is 10.4. The van der Waals surface area contributed by atoms with Gasteiger partial charge in [0.05, 0.1) is 12.9 Å². The van der Waals surface area contributed by atoms with Gasteiger partial charge in [0.1, 0.15) is 5.69 Å². The Hall–Kier alpha value is -1.60. The number of likely N-dealkylation sites (N-methyl/N-ethyl adjacent to an activating group) is 1. The minimum atomic E-state index is -0.311. The first-order chi connectivity index (χ1) is 8.16. The van der Waals surface area contributed by atoms with Gasteiger partial charge in [0.25, 0.3) is 5.56 Å². The highest BCUT2D eigenvalue weighted by atomic mass is 16.5. The van der Waals surface area contributed by atoms with Crippen molar-refractivity contribution < 1.29 is 4.74 Å². The standard InChI is InChI=1S/C10H19N5O2/c1-15(5-3-12-4-6-17-2)9-8(11)10(16)14-7-13-9/h7,12H,3-6,11H2,1-2H3,(H,13,14,16). The fourth-order valence-electron chi connectivity index (χ4n) is 1.36. The van der Waals surface area contributed by atoms with Crippen molar-refractivity contribution in [3.63, 3.8) is 0 Å². The molecule has 0 aromatic carbocycles. The van der Waals surface area contributed by atoms with Crippen molar-refractivity contribution in [1.82, 2.24) is 15.3 Å². The molecule has 1 rings (SSSR count). The van der Waals surface area contributed by atoms with Gasteiger partial charge in [0, 0.05) is 33.8 Å². The van der Waals surface area contributed by atoms with Crippen molar-refractivity contribution in [2.24, 2.45) is 0 Å². The van der Waals surface area contributed by atoms with E-state index in [1.54, 1.807) is 7.11 Å². The van der Waals surface area contributed by atoms with Crippen LogP contribution in [0.5, 0.6) is 0 Å². The lowest BCUT2D eigenvalue weighted by Crippen LogP contribution is -2.32. The Balaban J connectivity index is 2.44. The molecule has 0 radical (unpaired) electrons. The first-order valence-corrected chi connectivity index (χ1v) is 5.40. The molecule has 0 atom stereocenters. The minimum absolute atomic E-state index is 0.145. The van der Waals surface area contributed by atoms with Crippen molar-refractivity contribution >= 4 is 11.5 Å². The summed E-state index contributed by atoms with van der Waals surface area (Å²) in [6.45, 7) is 2.95. The summed E-state index contributed by atoms with van der Waals surface area (Å²) in [6, 6.07) is 0. The molecule has 0 fully saturated rings. The number of nitrogen functional groups attached to an aromatic ring is 1. The van der Waals surface area contributed by atoms with Gasteiger partial charge in [0.2, 0.25) is 0 Å². The van der Waals surface area contributed by atoms with Crippen LogP contribution < -0.4 is 21.5 Å². The molecule has 1 aromatic heterocycles. The van der Waals surface area contributed by atoms with Crippen LogP contribution in [0.1, 0.15) is 0 Å². The van der Waals surface area contributed by atoms with E-state index in [2.05, 4.69) is 15.3 Å².